The number of hydrogen-bond donors (Lipinski definition) is 2. The minimum absolute atomic E-state index is 0.124. The Bertz CT molecular complexity index is 610. The average molecular weight is 357 g/mol. The molecule has 1 amide bonds. The lowest BCUT2D eigenvalue weighted by Gasteiger charge is -2.50. The molecule has 1 aromatic carbocycles. The van der Waals surface area contributed by atoms with Gasteiger partial charge in [0.15, 0.2) is 5.60 Å². The van der Waals surface area contributed by atoms with Crippen LogP contribution in [0.2, 0.25) is 0 Å². The van der Waals surface area contributed by atoms with Gasteiger partial charge in [-0.3, -0.25) is 4.79 Å². The minimum atomic E-state index is -4.66. The van der Waals surface area contributed by atoms with Crippen molar-refractivity contribution in [2.75, 3.05) is 6.54 Å². The molecule has 6 heteroatoms. The van der Waals surface area contributed by atoms with Crippen LogP contribution in [0.4, 0.5) is 13.2 Å². The first-order chi connectivity index (χ1) is 11.5. The van der Waals surface area contributed by atoms with E-state index in [2.05, 4.69) is 5.32 Å². The maximum atomic E-state index is 13.6. The van der Waals surface area contributed by atoms with Crippen molar-refractivity contribution < 1.29 is 23.1 Å². The molecule has 140 valence electrons. The largest absolute Gasteiger partial charge is 0.417 e. The van der Waals surface area contributed by atoms with E-state index in [9.17, 15) is 23.1 Å². The van der Waals surface area contributed by atoms with E-state index >= 15 is 0 Å². The molecular formula is C19H26F3NO2. The summed E-state index contributed by atoms with van der Waals surface area (Å²) < 4.78 is 40.7. The lowest BCUT2D eigenvalue weighted by atomic mass is 9.59. The predicted molar refractivity (Wildman–Crippen MR) is 90.3 cm³/mol. The van der Waals surface area contributed by atoms with Gasteiger partial charge >= 0.3 is 6.18 Å². The van der Waals surface area contributed by atoms with Crippen molar-refractivity contribution >= 4 is 5.91 Å². The fourth-order valence-electron chi connectivity index (χ4n) is 3.88. The Labute approximate surface area is 146 Å². The van der Waals surface area contributed by atoms with E-state index in [-0.39, 0.29) is 18.7 Å². The van der Waals surface area contributed by atoms with Gasteiger partial charge in [-0.2, -0.15) is 13.2 Å². The second-order valence-electron chi connectivity index (χ2n) is 7.58. The zero-order valence-electron chi connectivity index (χ0n) is 14.9. The van der Waals surface area contributed by atoms with Crippen molar-refractivity contribution in [1.29, 1.82) is 0 Å². The summed E-state index contributed by atoms with van der Waals surface area (Å²) in [6.45, 7) is 5.90. The Morgan fingerprint density at radius 1 is 1.24 bits per heavy atom. The van der Waals surface area contributed by atoms with E-state index in [0.29, 0.717) is 30.5 Å². The van der Waals surface area contributed by atoms with Gasteiger partial charge in [-0.1, -0.05) is 26.0 Å². The first kappa shape index (κ1) is 19.8. The maximum Gasteiger partial charge on any atom is 0.417 e. The van der Waals surface area contributed by atoms with E-state index in [1.54, 1.807) is 38.1 Å². The normalized spacial score (nSPS) is 26.3. The molecule has 1 fully saturated rings. The number of benzene rings is 1. The third-order valence-corrected chi connectivity index (χ3v) is 5.38. The standard InChI is InChI=1S/C19H26F3NO2/c1-4-23-16(24)14-8-6-13(7-9-14)12-15-17(2,3)10-5-11-18(15,25)19(20,21)22/h6-9,15,25H,4-5,10-12H2,1-3H3,(H,23,24). The SMILES string of the molecule is CCNC(=O)c1ccc(CC2C(C)(C)CCCC2(O)C(F)(F)F)cc1. The highest BCUT2D eigenvalue weighted by Crippen LogP contribution is 2.53. The molecule has 2 unspecified atom stereocenters. The van der Waals surface area contributed by atoms with Gasteiger partial charge in [0.1, 0.15) is 0 Å². The fraction of sp³-hybridized carbons (Fsp3) is 0.632. The van der Waals surface area contributed by atoms with Crippen LogP contribution in [0.5, 0.6) is 0 Å². The molecule has 0 heterocycles. The smallest absolute Gasteiger partial charge is 0.380 e. The van der Waals surface area contributed by atoms with Crippen LogP contribution in [0.25, 0.3) is 0 Å². The highest BCUT2D eigenvalue weighted by atomic mass is 19.4. The van der Waals surface area contributed by atoms with Gasteiger partial charge in [0.2, 0.25) is 0 Å². The zero-order chi connectivity index (χ0) is 18.9. The summed E-state index contributed by atoms with van der Waals surface area (Å²) >= 11 is 0. The zero-order valence-corrected chi connectivity index (χ0v) is 14.9. The molecular weight excluding hydrogens is 331 g/mol. The van der Waals surface area contributed by atoms with Crippen LogP contribution in [0.15, 0.2) is 24.3 Å². The van der Waals surface area contributed by atoms with E-state index in [0.717, 1.165) is 0 Å². The molecule has 0 saturated heterocycles. The molecule has 1 aliphatic rings. The van der Waals surface area contributed by atoms with Crippen LogP contribution >= 0.6 is 0 Å². The van der Waals surface area contributed by atoms with Crippen molar-refractivity contribution in [1.82, 2.24) is 5.32 Å². The molecule has 0 aliphatic heterocycles. The highest BCUT2D eigenvalue weighted by Gasteiger charge is 2.62. The van der Waals surface area contributed by atoms with Crippen molar-refractivity contribution in [2.24, 2.45) is 11.3 Å². The lowest BCUT2D eigenvalue weighted by Crippen LogP contribution is -2.58. The molecule has 0 spiro atoms. The van der Waals surface area contributed by atoms with Gasteiger partial charge in [-0.25, -0.2) is 0 Å². The quantitative estimate of drug-likeness (QED) is 0.852. The number of hydrogen-bond acceptors (Lipinski definition) is 2. The van der Waals surface area contributed by atoms with Gasteiger partial charge in [-0.15, -0.1) is 0 Å². The molecule has 1 aromatic rings. The number of carbonyl (C=O) groups excluding carboxylic acids is 1. The van der Waals surface area contributed by atoms with Crippen molar-refractivity contribution in [2.45, 2.75) is 58.2 Å². The van der Waals surface area contributed by atoms with Crippen LogP contribution in [-0.4, -0.2) is 29.3 Å². The summed E-state index contributed by atoms with van der Waals surface area (Å²) in [5, 5.41) is 13.2. The number of nitrogens with one attached hydrogen (secondary N) is 1. The van der Waals surface area contributed by atoms with Gasteiger partial charge in [0, 0.05) is 18.0 Å². The van der Waals surface area contributed by atoms with E-state index < -0.39 is 23.1 Å². The molecule has 3 nitrogen and oxygen atoms in total. The monoisotopic (exact) mass is 357 g/mol. The number of alkyl halides is 3. The first-order valence-corrected chi connectivity index (χ1v) is 8.67. The first-order valence-electron chi connectivity index (χ1n) is 8.67. The van der Waals surface area contributed by atoms with Crippen molar-refractivity contribution in [3.8, 4) is 0 Å². The summed E-state index contributed by atoms with van der Waals surface area (Å²) in [6, 6.07) is 6.57. The van der Waals surface area contributed by atoms with Gasteiger partial charge < -0.3 is 10.4 Å². The predicted octanol–water partition coefficient (Wildman–Crippen LogP) is 4.10. The summed E-state index contributed by atoms with van der Waals surface area (Å²) in [7, 11) is 0. The number of halogens is 3. The average Bonchev–Trinajstić information content (AvgIpc) is 2.50. The Kier molecular flexibility index (Phi) is 5.52. The minimum Gasteiger partial charge on any atom is -0.380 e. The molecule has 25 heavy (non-hydrogen) atoms. The third-order valence-electron chi connectivity index (χ3n) is 5.38. The van der Waals surface area contributed by atoms with Crippen LogP contribution in [0, 0.1) is 11.3 Å². The number of amides is 1. The molecule has 1 saturated carbocycles. The summed E-state index contributed by atoms with van der Waals surface area (Å²) in [4.78, 5) is 11.8. The number of carbonyl (C=O) groups is 1. The molecule has 2 rings (SSSR count). The van der Waals surface area contributed by atoms with Crippen molar-refractivity contribution in [3.05, 3.63) is 35.4 Å². The van der Waals surface area contributed by atoms with E-state index in [1.807, 2.05) is 6.92 Å². The molecule has 0 aromatic heterocycles. The third kappa shape index (κ3) is 4.00. The number of rotatable bonds is 4. The van der Waals surface area contributed by atoms with Crippen molar-refractivity contribution in [3.63, 3.8) is 0 Å². The van der Waals surface area contributed by atoms with Crippen LogP contribution in [0.3, 0.4) is 0 Å². The Hall–Kier alpha value is -1.56. The number of aliphatic hydroxyl groups is 1. The van der Waals surface area contributed by atoms with Gasteiger partial charge in [-0.05, 0) is 55.7 Å². The fourth-order valence-corrected chi connectivity index (χ4v) is 3.88. The maximum absolute atomic E-state index is 13.6. The summed E-state index contributed by atoms with van der Waals surface area (Å²) in [6.07, 6.45) is -3.79. The van der Waals surface area contributed by atoms with E-state index in [1.165, 1.54) is 0 Å². The van der Waals surface area contributed by atoms with Crippen LogP contribution in [-0.2, 0) is 6.42 Å². The van der Waals surface area contributed by atoms with Crippen LogP contribution in [0.1, 0.15) is 56.0 Å². The lowest BCUT2D eigenvalue weighted by molar-refractivity contribution is -0.302. The molecule has 1 aliphatic carbocycles. The Morgan fingerprint density at radius 3 is 2.36 bits per heavy atom. The van der Waals surface area contributed by atoms with Gasteiger partial charge in [0.05, 0.1) is 0 Å². The van der Waals surface area contributed by atoms with Crippen LogP contribution < -0.4 is 5.32 Å². The summed E-state index contributed by atoms with van der Waals surface area (Å²) in [5.41, 5.74) is -2.14. The molecule has 2 N–H and O–H groups in total. The molecule has 0 bridgehead atoms. The second-order valence-corrected chi connectivity index (χ2v) is 7.58. The molecule has 2 atom stereocenters. The van der Waals surface area contributed by atoms with E-state index in [4.69, 9.17) is 0 Å². The Morgan fingerprint density at radius 2 is 1.84 bits per heavy atom. The topological polar surface area (TPSA) is 49.3 Å². The molecule has 0 radical (unpaired) electrons. The Balaban J connectivity index is 2.27. The van der Waals surface area contributed by atoms with Gasteiger partial charge in [0.25, 0.3) is 5.91 Å². The highest BCUT2D eigenvalue weighted by molar-refractivity contribution is 5.94. The second kappa shape index (κ2) is 6.98. The summed E-state index contributed by atoms with van der Waals surface area (Å²) in [5.74, 6) is -1.14.